The number of ether oxygens (including phenoxy) is 1. The first-order chi connectivity index (χ1) is 9.65. The van der Waals surface area contributed by atoms with Gasteiger partial charge in [-0.3, -0.25) is 4.79 Å². The lowest BCUT2D eigenvalue weighted by Gasteiger charge is -2.31. The number of hydrogen-bond donors (Lipinski definition) is 0. The van der Waals surface area contributed by atoms with Crippen molar-refractivity contribution in [1.82, 2.24) is 4.90 Å². The van der Waals surface area contributed by atoms with Crippen LogP contribution in [0, 0.1) is 5.92 Å². The molecule has 0 radical (unpaired) electrons. The average Bonchev–Trinajstić information content (AvgIpc) is 2.53. The van der Waals surface area contributed by atoms with Gasteiger partial charge in [-0.1, -0.05) is 37.5 Å². The number of carbonyl (C=O) groups excluding carboxylic acids is 1. The summed E-state index contributed by atoms with van der Waals surface area (Å²) in [5, 5.41) is 0. The van der Waals surface area contributed by atoms with E-state index in [1.165, 1.54) is 19.3 Å². The number of amides is 1. The van der Waals surface area contributed by atoms with Crippen molar-refractivity contribution in [2.24, 2.45) is 5.92 Å². The monoisotopic (exact) mass is 275 g/mol. The van der Waals surface area contributed by atoms with Gasteiger partial charge in [0, 0.05) is 18.5 Å². The van der Waals surface area contributed by atoms with E-state index in [2.05, 4.69) is 6.92 Å². The molecule has 0 N–H and O–H groups in total. The molecule has 1 aliphatic carbocycles. The summed E-state index contributed by atoms with van der Waals surface area (Å²) < 4.78 is 5.40. The molecule has 0 saturated heterocycles. The van der Waals surface area contributed by atoms with Crippen molar-refractivity contribution in [2.75, 3.05) is 14.2 Å². The number of methoxy groups -OCH3 is 1. The predicted molar refractivity (Wildman–Crippen MR) is 80.8 cm³/mol. The van der Waals surface area contributed by atoms with Crippen LogP contribution in [0.15, 0.2) is 24.3 Å². The molecule has 0 aliphatic heterocycles. The molecule has 1 aliphatic rings. The number of benzene rings is 1. The summed E-state index contributed by atoms with van der Waals surface area (Å²) in [5.74, 6) is 1.34. The third-order valence-electron chi connectivity index (χ3n) is 4.47. The molecule has 1 aromatic carbocycles. The largest absolute Gasteiger partial charge is 0.496 e. The van der Waals surface area contributed by atoms with Gasteiger partial charge in [-0.25, -0.2) is 0 Å². The second-order valence-electron chi connectivity index (χ2n) is 5.70. The van der Waals surface area contributed by atoms with Crippen molar-refractivity contribution in [3.8, 4) is 5.75 Å². The molecule has 1 fully saturated rings. The van der Waals surface area contributed by atoms with Gasteiger partial charge in [0.25, 0.3) is 0 Å². The molecule has 1 aromatic rings. The first-order valence-corrected chi connectivity index (χ1v) is 7.54. The number of rotatable bonds is 4. The third-order valence-corrected chi connectivity index (χ3v) is 4.47. The van der Waals surface area contributed by atoms with Crippen molar-refractivity contribution in [2.45, 2.75) is 45.1 Å². The molecule has 1 amide bonds. The van der Waals surface area contributed by atoms with E-state index >= 15 is 0 Å². The lowest BCUT2D eigenvalue weighted by Crippen LogP contribution is -2.35. The highest BCUT2D eigenvalue weighted by molar-refractivity contribution is 5.79. The van der Waals surface area contributed by atoms with E-state index < -0.39 is 0 Å². The van der Waals surface area contributed by atoms with Crippen molar-refractivity contribution in [3.05, 3.63) is 29.8 Å². The Morgan fingerprint density at radius 3 is 2.55 bits per heavy atom. The Bertz CT molecular complexity index is 452. The normalized spacial score (nSPS) is 17.6. The van der Waals surface area contributed by atoms with Gasteiger partial charge in [-0.2, -0.15) is 0 Å². The van der Waals surface area contributed by atoms with Crippen LogP contribution in [0.1, 0.15) is 50.6 Å². The van der Waals surface area contributed by atoms with E-state index in [4.69, 9.17) is 4.74 Å². The lowest BCUT2D eigenvalue weighted by molar-refractivity contribution is -0.137. The lowest BCUT2D eigenvalue weighted by atomic mass is 9.88. The summed E-state index contributed by atoms with van der Waals surface area (Å²) in [5.41, 5.74) is 1.07. The minimum Gasteiger partial charge on any atom is -0.496 e. The molecule has 3 heteroatoms. The summed E-state index contributed by atoms with van der Waals surface area (Å²) in [7, 11) is 3.59. The highest BCUT2D eigenvalue weighted by atomic mass is 16.5. The molecule has 0 bridgehead atoms. The van der Waals surface area contributed by atoms with E-state index in [0.717, 1.165) is 24.2 Å². The minimum atomic E-state index is 0.0422. The molecule has 1 unspecified atom stereocenters. The average molecular weight is 275 g/mol. The maximum Gasteiger partial charge on any atom is 0.225 e. The SMILES string of the molecule is COc1ccccc1C(C)N(C)C(=O)C1CCCCC1. The van der Waals surface area contributed by atoms with Crippen molar-refractivity contribution in [1.29, 1.82) is 0 Å². The van der Waals surface area contributed by atoms with Crippen LogP contribution >= 0.6 is 0 Å². The van der Waals surface area contributed by atoms with Crippen LogP contribution in [-0.2, 0) is 4.79 Å². The molecule has 1 saturated carbocycles. The topological polar surface area (TPSA) is 29.5 Å². The molecule has 2 rings (SSSR count). The quantitative estimate of drug-likeness (QED) is 0.836. The van der Waals surface area contributed by atoms with Gasteiger partial charge in [-0.15, -0.1) is 0 Å². The van der Waals surface area contributed by atoms with E-state index in [1.807, 2.05) is 36.2 Å². The highest BCUT2D eigenvalue weighted by Crippen LogP contribution is 2.31. The fraction of sp³-hybridized carbons (Fsp3) is 0.588. The Balaban J connectivity index is 2.11. The summed E-state index contributed by atoms with van der Waals surface area (Å²) in [6.07, 6.45) is 5.74. The molecule has 0 spiro atoms. The Labute approximate surface area is 121 Å². The van der Waals surface area contributed by atoms with Crippen molar-refractivity contribution >= 4 is 5.91 Å². The fourth-order valence-electron chi connectivity index (χ4n) is 3.05. The second-order valence-corrected chi connectivity index (χ2v) is 5.70. The van der Waals surface area contributed by atoms with Gasteiger partial charge in [0.2, 0.25) is 5.91 Å². The zero-order chi connectivity index (χ0) is 14.5. The first-order valence-electron chi connectivity index (χ1n) is 7.54. The summed E-state index contributed by atoms with van der Waals surface area (Å²) in [4.78, 5) is 14.5. The minimum absolute atomic E-state index is 0.0422. The van der Waals surface area contributed by atoms with E-state index in [9.17, 15) is 4.79 Å². The molecule has 110 valence electrons. The van der Waals surface area contributed by atoms with Crippen LogP contribution in [0.2, 0.25) is 0 Å². The maximum absolute atomic E-state index is 12.6. The Kier molecular flexibility index (Phi) is 5.05. The molecule has 20 heavy (non-hydrogen) atoms. The van der Waals surface area contributed by atoms with E-state index in [0.29, 0.717) is 0 Å². The fourth-order valence-corrected chi connectivity index (χ4v) is 3.05. The highest BCUT2D eigenvalue weighted by Gasteiger charge is 2.27. The first kappa shape index (κ1) is 14.9. The molecule has 0 aromatic heterocycles. The number of hydrogen-bond acceptors (Lipinski definition) is 2. The van der Waals surface area contributed by atoms with Crippen LogP contribution in [0.3, 0.4) is 0 Å². The van der Waals surface area contributed by atoms with Crippen LogP contribution in [0.4, 0.5) is 0 Å². The van der Waals surface area contributed by atoms with Crippen LogP contribution in [-0.4, -0.2) is 25.0 Å². The zero-order valence-corrected chi connectivity index (χ0v) is 12.8. The van der Waals surface area contributed by atoms with E-state index in [-0.39, 0.29) is 17.9 Å². The van der Waals surface area contributed by atoms with E-state index in [1.54, 1.807) is 7.11 Å². The summed E-state index contributed by atoms with van der Waals surface area (Å²) in [6.45, 7) is 2.07. The van der Waals surface area contributed by atoms with Gasteiger partial charge in [0.15, 0.2) is 0 Å². The van der Waals surface area contributed by atoms with Gasteiger partial charge in [-0.05, 0) is 25.8 Å². The predicted octanol–water partition coefficient (Wildman–Crippen LogP) is 3.79. The molecule has 1 atom stereocenters. The standard InChI is InChI=1S/C17H25NO2/c1-13(15-11-7-8-12-16(15)20-3)18(2)17(19)14-9-5-4-6-10-14/h7-8,11-14H,4-6,9-10H2,1-3H3. The molecular weight excluding hydrogens is 250 g/mol. The second kappa shape index (κ2) is 6.78. The smallest absolute Gasteiger partial charge is 0.225 e. The number of nitrogens with zero attached hydrogens (tertiary/aromatic N) is 1. The summed E-state index contributed by atoms with van der Waals surface area (Å²) in [6, 6.07) is 7.98. The third kappa shape index (κ3) is 3.14. The Morgan fingerprint density at radius 1 is 1.25 bits per heavy atom. The zero-order valence-electron chi connectivity index (χ0n) is 12.8. The van der Waals surface area contributed by atoms with Gasteiger partial charge in [0.1, 0.15) is 5.75 Å². The summed E-state index contributed by atoms with van der Waals surface area (Å²) >= 11 is 0. The molecule has 0 heterocycles. The van der Waals surface area contributed by atoms with Crippen LogP contribution in [0.5, 0.6) is 5.75 Å². The maximum atomic E-state index is 12.6. The van der Waals surface area contributed by atoms with Crippen LogP contribution < -0.4 is 4.74 Å². The van der Waals surface area contributed by atoms with Crippen molar-refractivity contribution in [3.63, 3.8) is 0 Å². The number of carbonyl (C=O) groups is 1. The number of para-hydroxylation sites is 1. The van der Waals surface area contributed by atoms with Gasteiger partial charge < -0.3 is 9.64 Å². The van der Waals surface area contributed by atoms with Crippen molar-refractivity contribution < 1.29 is 9.53 Å². The van der Waals surface area contributed by atoms with Crippen LogP contribution in [0.25, 0.3) is 0 Å². The van der Waals surface area contributed by atoms with Gasteiger partial charge >= 0.3 is 0 Å². The Hall–Kier alpha value is -1.51. The molecular formula is C17H25NO2. The molecule has 3 nitrogen and oxygen atoms in total. The Morgan fingerprint density at radius 2 is 1.90 bits per heavy atom. The van der Waals surface area contributed by atoms with Gasteiger partial charge in [0.05, 0.1) is 13.2 Å².